The van der Waals surface area contributed by atoms with Crippen molar-refractivity contribution in [2.75, 3.05) is 36.0 Å². The number of unbranched alkanes of at least 4 members (excludes halogenated alkanes) is 8. The van der Waals surface area contributed by atoms with Gasteiger partial charge in [0.25, 0.3) is 0 Å². The first-order chi connectivity index (χ1) is 28.4. The van der Waals surface area contributed by atoms with Crippen LogP contribution in [-0.4, -0.2) is 48.6 Å². The molecule has 0 atom stereocenters. The molecule has 6 aromatic carbocycles. The fourth-order valence-electron chi connectivity index (χ4n) is 10.0. The van der Waals surface area contributed by atoms with Crippen molar-refractivity contribution < 1.29 is 20.4 Å². The van der Waals surface area contributed by atoms with Crippen LogP contribution in [0.1, 0.15) is 128 Å². The lowest BCUT2D eigenvalue weighted by Crippen LogP contribution is -2.63. The molecule has 6 heteroatoms. The number of rotatable bonds is 20. The van der Waals surface area contributed by atoms with Gasteiger partial charge in [-0.2, -0.15) is 0 Å². The summed E-state index contributed by atoms with van der Waals surface area (Å²) in [5, 5.41) is 60.8. The molecule has 0 aliphatic heterocycles. The molecule has 1 aliphatic carbocycles. The maximum absolute atomic E-state index is 15.2. The molecule has 58 heavy (non-hydrogen) atoms. The number of nitrogens with zero attached hydrogens (tertiary/aromatic N) is 2. The summed E-state index contributed by atoms with van der Waals surface area (Å²) in [5.74, 6) is -1.55. The van der Waals surface area contributed by atoms with E-state index in [-0.39, 0.29) is 11.5 Å². The summed E-state index contributed by atoms with van der Waals surface area (Å²) in [5.41, 5.74) is 3.49. The molecular formula is C52H64N2O4-2. The molecule has 7 rings (SSSR count). The Kier molecular flexibility index (Phi) is 13.7. The van der Waals surface area contributed by atoms with Gasteiger partial charge in [0.05, 0.1) is 11.4 Å². The monoisotopic (exact) mass is 780 g/mol. The van der Waals surface area contributed by atoms with Crippen molar-refractivity contribution in [2.24, 2.45) is 0 Å². The van der Waals surface area contributed by atoms with E-state index in [1.165, 1.54) is 0 Å². The van der Waals surface area contributed by atoms with E-state index in [0.29, 0.717) is 21.9 Å². The second-order valence-electron chi connectivity index (χ2n) is 16.8. The minimum Gasteiger partial charge on any atom is -0.851 e. The normalized spacial score (nSPS) is 18.0. The van der Waals surface area contributed by atoms with Crippen molar-refractivity contribution in [1.29, 1.82) is 0 Å². The van der Waals surface area contributed by atoms with E-state index in [2.05, 4.69) is 61.8 Å². The van der Waals surface area contributed by atoms with Crippen LogP contribution in [0, 0.1) is 0 Å². The van der Waals surface area contributed by atoms with Gasteiger partial charge in [0.15, 0.2) is 0 Å². The van der Waals surface area contributed by atoms with Crippen LogP contribution in [0.25, 0.3) is 43.1 Å². The second-order valence-corrected chi connectivity index (χ2v) is 16.8. The summed E-state index contributed by atoms with van der Waals surface area (Å²) in [6, 6.07) is 27.7. The second kappa shape index (κ2) is 19.0. The first-order valence-electron chi connectivity index (χ1n) is 22.5. The number of benzene rings is 6. The van der Waals surface area contributed by atoms with E-state index in [4.69, 9.17) is 0 Å². The molecule has 1 aliphatic rings. The predicted octanol–water partition coefficient (Wildman–Crippen LogP) is 11.4. The third-order valence-electron chi connectivity index (χ3n) is 12.9. The molecule has 6 nitrogen and oxygen atoms in total. The van der Waals surface area contributed by atoms with E-state index in [9.17, 15) is 10.2 Å². The lowest BCUT2D eigenvalue weighted by atomic mass is 9.60. The minimum absolute atomic E-state index is 0.105. The third-order valence-corrected chi connectivity index (χ3v) is 12.9. The maximum atomic E-state index is 15.2. The number of hydrogen-bond donors (Lipinski definition) is 2. The molecule has 0 radical (unpaired) electrons. The Morgan fingerprint density at radius 2 is 0.724 bits per heavy atom. The Morgan fingerprint density at radius 3 is 1.05 bits per heavy atom. The molecule has 2 N–H and O–H groups in total. The van der Waals surface area contributed by atoms with Gasteiger partial charge in [0.1, 0.15) is 11.5 Å². The lowest BCUT2D eigenvalue weighted by Gasteiger charge is -2.62. The van der Waals surface area contributed by atoms with Crippen LogP contribution in [0.5, 0.6) is 11.5 Å². The fraction of sp³-hybridized carbons (Fsp3) is 0.462. The Hall–Kier alpha value is -4.52. The number of phenolic OH excluding ortho intramolecular Hbond substituents is 2. The maximum Gasteiger partial charge on any atom is 0.123 e. The van der Waals surface area contributed by atoms with E-state index in [1.54, 1.807) is 12.1 Å². The van der Waals surface area contributed by atoms with Crippen LogP contribution >= 0.6 is 0 Å². The highest BCUT2D eigenvalue weighted by Crippen LogP contribution is 2.56. The highest BCUT2D eigenvalue weighted by molar-refractivity contribution is 6.17. The number of phenols is 2. The molecule has 0 unspecified atom stereocenters. The van der Waals surface area contributed by atoms with Gasteiger partial charge < -0.3 is 30.2 Å². The van der Waals surface area contributed by atoms with Crippen LogP contribution in [0.15, 0.2) is 84.9 Å². The van der Waals surface area contributed by atoms with Crippen LogP contribution < -0.4 is 20.0 Å². The average molecular weight is 781 g/mol. The zero-order valence-electron chi connectivity index (χ0n) is 35.3. The number of fused-ring (bicyclic) bond motifs is 4. The van der Waals surface area contributed by atoms with Gasteiger partial charge in [0.2, 0.25) is 0 Å². The molecule has 0 heterocycles. The lowest BCUT2D eigenvalue weighted by molar-refractivity contribution is -0.535. The van der Waals surface area contributed by atoms with Gasteiger partial charge in [-0.15, -0.1) is 12.2 Å². The average Bonchev–Trinajstić information content (AvgIpc) is 3.23. The topological polar surface area (TPSA) is 93.1 Å². The molecule has 0 aromatic heterocycles. The highest BCUT2D eigenvalue weighted by atomic mass is 16.3. The van der Waals surface area contributed by atoms with Crippen LogP contribution in [-0.2, 0) is 0 Å². The molecule has 1 fully saturated rings. The standard InChI is InChI=1S/C52H64N2O4/c1-5-9-17-31-53(32-18-10-6-2)49-37-25-15-13-23-35(37)45(43-39(49)27-21-29-41(43)55)47-51(57)48(52(47)58)46-36-24-14-16-26-38(36)50(40-28-22-30-42(56)44(40)46)54(33-19-11-7-3)34-20-12-8-4/h13-16,21-30,47-48,51-52,55-56H,5-12,17-20,31-34H2,1-4H3/q-2. The van der Waals surface area contributed by atoms with Crippen molar-refractivity contribution in [1.82, 2.24) is 0 Å². The molecule has 308 valence electrons. The van der Waals surface area contributed by atoms with Crippen molar-refractivity contribution >= 4 is 54.5 Å². The Morgan fingerprint density at radius 1 is 0.414 bits per heavy atom. The van der Waals surface area contributed by atoms with E-state index < -0.39 is 24.0 Å². The first kappa shape index (κ1) is 41.6. The summed E-state index contributed by atoms with van der Waals surface area (Å²) in [4.78, 5) is 4.98. The van der Waals surface area contributed by atoms with Crippen LogP contribution in [0.3, 0.4) is 0 Å². The summed E-state index contributed by atoms with van der Waals surface area (Å²) < 4.78 is 0. The summed E-state index contributed by atoms with van der Waals surface area (Å²) in [6.07, 6.45) is 10.8. The van der Waals surface area contributed by atoms with Gasteiger partial charge in [-0.3, -0.25) is 0 Å². The molecular weight excluding hydrogens is 717 g/mol. The minimum atomic E-state index is -1.29. The molecule has 6 aromatic rings. The fourth-order valence-corrected chi connectivity index (χ4v) is 10.0. The van der Waals surface area contributed by atoms with Crippen molar-refractivity contribution in [3.8, 4) is 11.5 Å². The van der Waals surface area contributed by atoms with Crippen LogP contribution in [0.2, 0.25) is 0 Å². The van der Waals surface area contributed by atoms with Gasteiger partial charge in [-0.25, -0.2) is 0 Å². The van der Waals surface area contributed by atoms with E-state index >= 15 is 10.2 Å². The van der Waals surface area contributed by atoms with E-state index in [0.717, 1.165) is 147 Å². The van der Waals surface area contributed by atoms with Gasteiger partial charge in [-0.1, -0.05) is 152 Å². The van der Waals surface area contributed by atoms with Crippen molar-refractivity contribution in [3.63, 3.8) is 0 Å². The third kappa shape index (κ3) is 7.82. The number of anilines is 2. The van der Waals surface area contributed by atoms with Gasteiger partial charge in [-0.05, 0) is 71.6 Å². The summed E-state index contributed by atoms with van der Waals surface area (Å²) >= 11 is 0. The molecule has 0 spiro atoms. The Bertz CT molecular complexity index is 2130. The van der Waals surface area contributed by atoms with E-state index in [1.807, 2.05) is 48.5 Å². The molecule has 0 bridgehead atoms. The van der Waals surface area contributed by atoms with Crippen molar-refractivity contribution in [3.05, 3.63) is 96.1 Å². The van der Waals surface area contributed by atoms with Crippen LogP contribution in [0.4, 0.5) is 11.4 Å². The smallest absolute Gasteiger partial charge is 0.123 e. The van der Waals surface area contributed by atoms with Gasteiger partial charge >= 0.3 is 0 Å². The van der Waals surface area contributed by atoms with Crippen molar-refractivity contribution in [2.45, 2.75) is 129 Å². The summed E-state index contributed by atoms with van der Waals surface area (Å²) in [7, 11) is 0. The highest BCUT2D eigenvalue weighted by Gasteiger charge is 2.43. The largest absolute Gasteiger partial charge is 0.851 e. The Labute approximate surface area is 346 Å². The quantitative estimate of drug-likeness (QED) is 0.0592. The predicted molar refractivity (Wildman–Crippen MR) is 242 cm³/mol. The zero-order chi connectivity index (χ0) is 40.8. The Balaban J connectivity index is 1.40. The zero-order valence-corrected chi connectivity index (χ0v) is 35.3. The van der Waals surface area contributed by atoms with Gasteiger partial charge in [0, 0.05) is 58.5 Å². The molecule has 0 saturated heterocycles. The number of aromatic hydroxyl groups is 2. The summed E-state index contributed by atoms with van der Waals surface area (Å²) in [6.45, 7) is 12.5. The molecule has 1 saturated carbocycles. The molecule has 0 amide bonds. The first-order valence-corrected chi connectivity index (χ1v) is 22.5. The number of hydrogen-bond acceptors (Lipinski definition) is 6. The SMILES string of the molecule is CCCCCN(CCCCC)c1c2ccccc2c(C2C([O-])C(c3c4ccccc4c(N(CCCCC)CCCCC)c4cccc(O)c34)C2[O-])c2c(O)cccc12.